The van der Waals surface area contributed by atoms with Crippen molar-refractivity contribution in [1.29, 1.82) is 0 Å². The van der Waals surface area contributed by atoms with E-state index in [-0.39, 0.29) is 17.5 Å². The molecule has 0 saturated heterocycles. The summed E-state index contributed by atoms with van der Waals surface area (Å²) in [5.74, 6) is -0.203. The first kappa shape index (κ1) is 13.3. The number of aromatic amines is 1. The Balaban J connectivity index is 2.41. The zero-order chi connectivity index (χ0) is 14.0. The molecule has 19 heavy (non-hydrogen) atoms. The minimum Gasteiger partial charge on any atom is -0.382 e. The maximum absolute atomic E-state index is 11.6. The molecule has 0 unspecified atom stereocenters. The molecule has 9 heteroatoms. The molecule has 0 spiro atoms. The monoisotopic (exact) mass is 298 g/mol. The standard InChI is InChI=1S/C10H8Cl2N6O/c11-4-1-5(12)3-6(2-4)17-18-7-8(13)15-10(14)16-9(7)19/h1-3H,(H5,13,14,15,16,19). The van der Waals surface area contributed by atoms with E-state index >= 15 is 0 Å². The predicted molar refractivity (Wildman–Crippen MR) is 74.3 cm³/mol. The van der Waals surface area contributed by atoms with Crippen molar-refractivity contribution in [3.8, 4) is 0 Å². The van der Waals surface area contributed by atoms with Gasteiger partial charge in [0, 0.05) is 10.0 Å². The Morgan fingerprint density at radius 3 is 2.32 bits per heavy atom. The molecule has 5 N–H and O–H groups in total. The van der Waals surface area contributed by atoms with Crippen LogP contribution in [0.5, 0.6) is 0 Å². The minimum atomic E-state index is -0.582. The molecule has 0 bridgehead atoms. The molecule has 0 radical (unpaired) electrons. The van der Waals surface area contributed by atoms with Crippen LogP contribution >= 0.6 is 23.2 Å². The first-order valence-corrected chi connectivity index (χ1v) is 5.74. The average molecular weight is 299 g/mol. The molecule has 0 amide bonds. The molecule has 0 saturated carbocycles. The van der Waals surface area contributed by atoms with Crippen molar-refractivity contribution in [1.82, 2.24) is 9.97 Å². The molecule has 0 fully saturated rings. The van der Waals surface area contributed by atoms with Crippen LogP contribution in [0.25, 0.3) is 0 Å². The Morgan fingerprint density at radius 2 is 1.74 bits per heavy atom. The predicted octanol–water partition coefficient (Wildman–Crippen LogP) is 2.66. The highest BCUT2D eigenvalue weighted by Gasteiger charge is 2.06. The fourth-order valence-electron chi connectivity index (χ4n) is 1.30. The number of rotatable bonds is 2. The number of halogens is 2. The topological polar surface area (TPSA) is 123 Å². The highest BCUT2D eigenvalue weighted by atomic mass is 35.5. The molecule has 7 nitrogen and oxygen atoms in total. The largest absolute Gasteiger partial charge is 0.382 e. The number of hydrogen-bond donors (Lipinski definition) is 3. The summed E-state index contributed by atoms with van der Waals surface area (Å²) in [6, 6.07) is 4.62. The first-order chi connectivity index (χ1) is 8.95. The van der Waals surface area contributed by atoms with Crippen LogP contribution in [0.3, 0.4) is 0 Å². The summed E-state index contributed by atoms with van der Waals surface area (Å²) in [4.78, 5) is 17.5. The summed E-state index contributed by atoms with van der Waals surface area (Å²) in [5, 5.41) is 8.35. The SMILES string of the molecule is Nc1nc(N)c(N=Nc2cc(Cl)cc(Cl)c2)c(=O)[nH]1. The number of H-pyrrole nitrogens is 1. The lowest BCUT2D eigenvalue weighted by Gasteiger charge is -1.99. The fraction of sp³-hybridized carbons (Fsp3) is 0. The Bertz CT molecular complexity index is 691. The summed E-state index contributed by atoms with van der Waals surface area (Å²) in [6.45, 7) is 0. The van der Waals surface area contributed by atoms with Gasteiger partial charge in [0.2, 0.25) is 5.95 Å². The van der Waals surface area contributed by atoms with Crippen molar-refractivity contribution < 1.29 is 0 Å². The maximum Gasteiger partial charge on any atom is 0.282 e. The van der Waals surface area contributed by atoms with Crippen LogP contribution in [-0.4, -0.2) is 9.97 Å². The van der Waals surface area contributed by atoms with Crippen molar-refractivity contribution in [3.05, 3.63) is 38.6 Å². The molecule has 98 valence electrons. The van der Waals surface area contributed by atoms with E-state index in [4.69, 9.17) is 34.7 Å². The van der Waals surface area contributed by atoms with Crippen molar-refractivity contribution >= 4 is 46.3 Å². The van der Waals surface area contributed by atoms with Gasteiger partial charge in [-0.05, 0) is 18.2 Å². The molecule has 1 heterocycles. The molecular formula is C10H8Cl2N6O. The second kappa shape index (κ2) is 5.25. The van der Waals surface area contributed by atoms with E-state index in [1.165, 1.54) is 12.1 Å². The number of nitrogens with zero attached hydrogens (tertiary/aromatic N) is 3. The molecule has 2 rings (SSSR count). The number of nitrogens with two attached hydrogens (primary N) is 2. The van der Waals surface area contributed by atoms with Crippen LogP contribution in [0.1, 0.15) is 0 Å². The van der Waals surface area contributed by atoms with Gasteiger partial charge < -0.3 is 11.5 Å². The van der Waals surface area contributed by atoms with Gasteiger partial charge in [0.1, 0.15) is 0 Å². The summed E-state index contributed by atoms with van der Waals surface area (Å²) in [5.41, 5.74) is 10.5. The molecule has 0 aliphatic heterocycles. The maximum atomic E-state index is 11.6. The quantitative estimate of drug-likeness (QED) is 0.737. The van der Waals surface area contributed by atoms with E-state index < -0.39 is 5.56 Å². The van der Waals surface area contributed by atoms with Crippen molar-refractivity contribution in [2.24, 2.45) is 10.2 Å². The van der Waals surface area contributed by atoms with Crippen LogP contribution in [0.4, 0.5) is 23.1 Å². The van der Waals surface area contributed by atoms with E-state index in [1.807, 2.05) is 0 Å². The zero-order valence-electron chi connectivity index (χ0n) is 9.39. The lowest BCUT2D eigenvalue weighted by molar-refractivity contribution is 1.10. The average Bonchev–Trinajstić information content (AvgIpc) is 2.25. The van der Waals surface area contributed by atoms with Gasteiger partial charge in [-0.3, -0.25) is 9.78 Å². The van der Waals surface area contributed by atoms with Gasteiger partial charge in [-0.15, -0.1) is 5.11 Å². The van der Waals surface area contributed by atoms with Gasteiger partial charge in [-0.25, -0.2) is 0 Å². The smallest absolute Gasteiger partial charge is 0.282 e. The van der Waals surface area contributed by atoms with Crippen molar-refractivity contribution in [2.45, 2.75) is 0 Å². The summed E-state index contributed by atoms with van der Waals surface area (Å²) >= 11 is 11.6. The van der Waals surface area contributed by atoms with E-state index in [9.17, 15) is 4.79 Å². The molecule has 2 aromatic rings. The Hall–Kier alpha value is -2.12. The Labute approximate surface area is 117 Å². The van der Waals surface area contributed by atoms with Gasteiger partial charge in [0.15, 0.2) is 11.5 Å². The van der Waals surface area contributed by atoms with Gasteiger partial charge in [0.25, 0.3) is 5.56 Å². The van der Waals surface area contributed by atoms with E-state index in [0.29, 0.717) is 15.7 Å². The van der Waals surface area contributed by atoms with Gasteiger partial charge >= 0.3 is 0 Å². The summed E-state index contributed by atoms with van der Waals surface area (Å²) in [6.07, 6.45) is 0. The minimum absolute atomic E-state index is 0.0905. The Kier molecular flexibility index (Phi) is 3.68. The second-order valence-corrected chi connectivity index (χ2v) is 4.39. The fourth-order valence-corrected chi connectivity index (χ4v) is 1.82. The normalized spacial score (nSPS) is 11.1. The van der Waals surface area contributed by atoms with Gasteiger partial charge in [0.05, 0.1) is 5.69 Å². The molecule has 0 atom stereocenters. The number of aromatic nitrogens is 2. The number of hydrogen-bond acceptors (Lipinski definition) is 6. The third-order valence-electron chi connectivity index (χ3n) is 2.05. The van der Waals surface area contributed by atoms with Crippen LogP contribution in [0.2, 0.25) is 10.0 Å². The molecular weight excluding hydrogens is 291 g/mol. The molecule has 0 aliphatic carbocycles. The first-order valence-electron chi connectivity index (χ1n) is 4.99. The van der Waals surface area contributed by atoms with Crippen LogP contribution in [0, 0.1) is 0 Å². The Morgan fingerprint density at radius 1 is 1.11 bits per heavy atom. The van der Waals surface area contributed by atoms with E-state index in [2.05, 4.69) is 20.2 Å². The van der Waals surface area contributed by atoms with E-state index in [1.54, 1.807) is 6.07 Å². The van der Waals surface area contributed by atoms with Gasteiger partial charge in [-0.2, -0.15) is 10.1 Å². The van der Waals surface area contributed by atoms with Crippen molar-refractivity contribution in [3.63, 3.8) is 0 Å². The number of anilines is 2. The highest BCUT2D eigenvalue weighted by molar-refractivity contribution is 6.35. The zero-order valence-corrected chi connectivity index (χ0v) is 10.9. The third kappa shape index (κ3) is 3.21. The van der Waals surface area contributed by atoms with E-state index in [0.717, 1.165) is 0 Å². The lowest BCUT2D eigenvalue weighted by atomic mass is 10.3. The molecule has 1 aromatic carbocycles. The molecule has 1 aromatic heterocycles. The molecule has 0 aliphatic rings. The number of nitrogen functional groups attached to an aromatic ring is 2. The number of azo groups is 1. The highest BCUT2D eigenvalue weighted by Crippen LogP contribution is 2.26. The third-order valence-corrected chi connectivity index (χ3v) is 2.49. The second-order valence-electron chi connectivity index (χ2n) is 3.51. The van der Waals surface area contributed by atoms with Crippen molar-refractivity contribution in [2.75, 3.05) is 11.5 Å². The number of benzene rings is 1. The number of nitrogens with one attached hydrogen (secondary N) is 1. The summed E-state index contributed by atoms with van der Waals surface area (Å²) in [7, 11) is 0. The lowest BCUT2D eigenvalue weighted by Crippen LogP contribution is -2.12. The van der Waals surface area contributed by atoms with Crippen LogP contribution < -0.4 is 17.0 Å². The van der Waals surface area contributed by atoms with Gasteiger partial charge in [-0.1, -0.05) is 23.2 Å². The summed E-state index contributed by atoms with van der Waals surface area (Å²) < 4.78 is 0. The van der Waals surface area contributed by atoms with Crippen LogP contribution in [0.15, 0.2) is 33.2 Å². The van der Waals surface area contributed by atoms with Crippen LogP contribution in [-0.2, 0) is 0 Å².